The second-order valence-corrected chi connectivity index (χ2v) is 4.25. The van der Waals surface area contributed by atoms with Crippen molar-refractivity contribution >= 4 is 34.6 Å². The fourth-order valence-corrected chi connectivity index (χ4v) is 1.56. The maximum Gasteiger partial charge on any atom is 0.155 e. The molecule has 1 heterocycles. The Morgan fingerprint density at radius 1 is 1.31 bits per heavy atom. The molecule has 0 amide bonds. The molecule has 0 saturated carbocycles. The van der Waals surface area contributed by atoms with E-state index >= 15 is 0 Å². The first-order valence-electron chi connectivity index (χ1n) is 5.06. The molecule has 1 aromatic heterocycles. The summed E-state index contributed by atoms with van der Waals surface area (Å²) in [6, 6.07) is 0. The third-order valence-corrected chi connectivity index (χ3v) is 2.90. The number of thiocarbonyl (C=S) groups is 1. The van der Waals surface area contributed by atoms with Gasteiger partial charge in [-0.2, -0.15) is 0 Å². The van der Waals surface area contributed by atoms with Crippen molar-refractivity contribution in [3.05, 3.63) is 16.3 Å². The van der Waals surface area contributed by atoms with E-state index in [0.29, 0.717) is 11.7 Å². The molecule has 88 valence electrons. The van der Waals surface area contributed by atoms with Gasteiger partial charge in [-0.1, -0.05) is 23.8 Å². The summed E-state index contributed by atoms with van der Waals surface area (Å²) < 4.78 is 0. The zero-order chi connectivity index (χ0) is 12.1. The van der Waals surface area contributed by atoms with Crippen LogP contribution < -0.4 is 10.6 Å². The summed E-state index contributed by atoms with van der Waals surface area (Å²) in [6.07, 6.45) is 0. The highest BCUT2D eigenvalue weighted by atomic mass is 35.5. The SMILES string of the molecule is CCNC(=S)CNc1nnc(Cl)c(C)c1C. The van der Waals surface area contributed by atoms with E-state index in [-0.39, 0.29) is 0 Å². The molecule has 0 saturated heterocycles. The first kappa shape index (κ1) is 13.1. The van der Waals surface area contributed by atoms with Crippen molar-refractivity contribution in [2.75, 3.05) is 18.4 Å². The Kier molecular flexibility index (Phi) is 4.89. The minimum absolute atomic E-state index is 0.442. The van der Waals surface area contributed by atoms with Gasteiger partial charge in [0.2, 0.25) is 0 Å². The van der Waals surface area contributed by atoms with Crippen molar-refractivity contribution in [3.8, 4) is 0 Å². The van der Waals surface area contributed by atoms with E-state index in [9.17, 15) is 0 Å². The fourth-order valence-electron chi connectivity index (χ4n) is 1.17. The maximum absolute atomic E-state index is 5.86. The van der Waals surface area contributed by atoms with Crippen molar-refractivity contribution in [3.63, 3.8) is 0 Å². The Morgan fingerprint density at radius 2 is 2.00 bits per heavy atom. The molecule has 0 radical (unpaired) electrons. The molecule has 0 aliphatic rings. The zero-order valence-electron chi connectivity index (χ0n) is 9.59. The van der Waals surface area contributed by atoms with Gasteiger partial charge in [0.1, 0.15) is 0 Å². The normalized spacial score (nSPS) is 10.0. The van der Waals surface area contributed by atoms with Crippen LogP contribution in [-0.4, -0.2) is 28.3 Å². The molecule has 4 nitrogen and oxygen atoms in total. The molecular weight excluding hydrogens is 244 g/mol. The lowest BCUT2D eigenvalue weighted by atomic mass is 10.2. The molecule has 0 unspecified atom stereocenters. The van der Waals surface area contributed by atoms with Gasteiger partial charge in [0, 0.05) is 6.54 Å². The van der Waals surface area contributed by atoms with Gasteiger partial charge in [0.05, 0.1) is 11.5 Å². The summed E-state index contributed by atoms with van der Waals surface area (Å²) in [5.74, 6) is 0.724. The summed E-state index contributed by atoms with van der Waals surface area (Å²) in [4.78, 5) is 0.760. The number of anilines is 1. The van der Waals surface area contributed by atoms with Crippen LogP contribution in [0.2, 0.25) is 5.15 Å². The molecule has 16 heavy (non-hydrogen) atoms. The minimum atomic E-state index is 0.442. The predicted molar refractivity (Wildman–Crippen MR) is 71.3 cm³/mol. The van der Waals surface area contributed by atoms with Crippen LogP contribution in [-0.2, 0) is 0 Å². The quantitative estimate of drug-likeness (QED) is 0.810. The largest absolute Gasteiger partial charge is 0.378 e. The molecule has 0 atom stereocenters. The van der Waals surface area contributed by atoms with Crippen LogP contribution in [0.4, 0.5) is 5.82 Å². The van der Waals surface area contributed by atoms with E-state index < -0.39 is 0 Å². The molecular formula is C10H15ClN4S. The Morgan fingerprint density at radius 3 is 2.62 bits per heavy atom. The topological polar surface area (TPSA) is 49.8 Å². The Labute approximate surface area is 106 Å². The molecule has 1 rings (SSSR count). The summed E-state index contributed by atoms with van der Waals surface area (Å²) in [6.45, 7) is 7.25. The predicted octanol–water partition coefficient (Wildman–Crippen LogP) is 2.10. The summed E-state index contributed by atoms with van der Waals surface area (Å²) in [5.41, 5.74) is 1.94. The number of likely N-dealkylation sites (N-methyl/N-ethyl adjacent to an activating group) is 1. The number of rotatable bonds is 4. The van der Waals surface area contributed by atoms with Crippen LogP contribution >= 0.6 is 23.8 Å². The van der Waals surface area contributed by atoms with Gasteiger partial charge in [0.25, 0.3) is 0 Å². The molecule has 0 aliphatic carbocycles. The van der Waals surface area contributed by atoms with Crippen molar-refractivity contribution in [1.29, 1.82) is 0 Å². The minimum Gasteiger partial charge on any atom is -0.378 e. The standard InChI is InChI=1S/C10H15ClN4S/c1-4-12-8(16)5-13-10-7(3)6(2)9(11)14-15-10/h4-5H2,1-3H3,(H,12,16)(H,13,15). The molecule has 1 aromatic rings. The lowest BCUT2D eigenvalue weighted by Crippen LogP contribution is -2.28. The lowest BCUT2D eigenvalue weighted by Gasteiger charge is -2.11. The molecule has 0 fully saturated rings. The van der Waals surface area contributed by atoms with Crippen molar-refractivity contribution in [1.82, 2.24) is 15.5 Å². The average molecular weight is 259 g/mol. The molecule has 6 heteroatoms. The first-order valence-corrected chi connectivity index (χ1v) is 5.84. The monoisotopic (exact) mass is 258 g/mol. The van der Waals surface area contributed by atoms with Gasteiger partial charge in [-0.05, 0) is 31.9 Å². The third-order valence-electron chi connectivity index (χ3n) is 2.26. The van der Waals surface area contributed by atoms with E-state index in [0.717, 1.165) is 28.5 Å². The van der Waals surface area contributed by atoms with Gasteiger partial charge >= 0.3 is 0 Å². The van der Waals surface area contributed by atoms with Gasteiger partial charge in [-0.25, -0.2) is 0 Å². The smallest absolute Gasteiger partial charge is 0.155 e. The molecule has 0 aromatic carbocycles. The van der Waals surface area contributed by atoms with Gasteiger partial charge in [-0.3, -0.25) is 0 Å². The summed E-state index contributed by atoms with van der Waals surface area (Å²) in [5, 5.41) is 14.5. The summed E-state index contributed by atoms with van der Waals surface area (Å²) >= 11 is 11.0. The number of hydrogen-bond donors (Lipinski definition) is 2. The molecule has 0 spiro atoms. The Hall–Kier alpha value is -0.940. The third kappa shape index (κ3) is 3.28. The van der Waals surface area contributed by atoms with Crippen molar-refractivity contribution < 1.29 is 0 Å². The number of halogens is 1. The molecule has 2 N–H and O–H groups in total. The van der Waals surface area contributed by atoms with Crippen LogP contribution in [0.5, 0.6) is 0 Å². The second kappa shape index (κ2) is 5.96. The van der Waals surface area contributed by atoms with Crippen LogP contribution in [0.1, 0.15) is 18.1 Å². The average Bonchev–Trinajstić information content (AvgIpc) is 2.25. The number of aromatic nitrogens is 2. The highest BCUT2D eigenvalue weighted by molar-refractivity contribution is 7.80. The van der Waals surface area contributed by atoms with Crippen LogP contribution in [0.3, 0.4) is 0 Å². The fraction of sp³-hybridized carbons (Fsp3) is 0.500. The number of nitrogens with zero attached hydrogens (tertiary/aromatic N) is 2. The van der Waals surface area contributed by atoms with Gasteiger partial charge < -0.3 is 10.6 Å². The molecule has 0 aliphatic heterocycles. The van der Waals surface area contributed by atoms with Gasteiger partial charge in [-0.15, -0.1) is 10.2 Å². The van der Waals surface area contributed by atoms with Gasteiger partial charge in [0.15, 0.2) is 11.0 Å². The van der Waals surface area contributed by atoms with E-state index in [2.05, 4.69) is 20.8 Å². The van der Waals surface area contributed by atoms with E-state index in [1.165, 1.54) is 0 Å². The van der Waals surface area contributed by atoms with Crippen LogP contribution in [0.15, 0.2) is 0 Å². The molecule has 0 bridgehead atoms. The van der Waals surface area contributed by atoms with E-state index in [1.54, 1.807) is 0 Å². The number of hydrogen-bond acceptors (Lipinski definition) is 4. The lowest BCUT2D eigenvalue weighted by molar-refractivity contribution is 0.958. The number of nitrogens with one attached hydrogen (secondary N) is 2. The summed E-state index contributed by atoms with van der Waals surface area (Å²) in [7, 11) is 0. The van der Waals surface area contributed by atoms with Crippen LogP contribution in [0, 0.1) is 13.8 Å². The van der Waals surface area contributed by atoms with Crippen LogP contribution in [0.25, 0.3) is 0 Å². The first-order chi connectivity index (χ1) is 7.56. The van der Waals surface area contributed by atoms with Crippen molar-refractivity contribution in [2.24, 2.45) is 0 Å². The Balaban J connectivity index is 2.68. The Bertz CT molecular complexity index is 395. The maximum atomic E-state index is 5.86. The van der Waals surface area contributed by atoms with E-state index in [1.807, 2.05) is 20.8 Å². The zero-order valence-corrected chi connectivity index (χ0v) is 11.2. The highest BCUT2D eigenvalue weighted by Gasteiger charge is 2.07. The highest BCUT2D eigenvalue weighted by Crippen LogP contribution is 2.20. The second-order valence-electron chi connectivity index (χ2n) is 3.40. The van der Waals surface area contributed by atoms with E-state index in [4.69, 9.17) is 23.8 Å². The van der Waals surface area contributed by atoms with Crippen molar-refractivity contribution in [2.45, 2.75) is 20.8 Å².